The van der Waals surface area contributed by atoms with Gasteiger partial charge in [0.05, 0.1) is 20.3 Å². The van der Waals surface area contributed by atoms with Crippen molar-refractivity contribution in [1.82, 2.24) is 0 Å². The van der Waals surface area contributed by atoms with Crippen LogP contribution in [0.15, 0.2) is 30.3 Å². The Morgan fingerprint density at radius 1 is 1.28 bits per heavy atom. The summed E-state index contributed by atoms with van der Waals surface area (Å²) in [5.41, 5.74) is 2.17. The van der Waals surface area contributed by atoms with E-state index in [2.05, 4.69) is 21.8 Å². The number of rotatable bonds is 3. The lowest BCUT2D eigenvalue weighted by atomic mass is 10.1. The molecule has 1 aliphatic heterocycles. The third-order valence-corrected chi connectivity index (χ3v) is 2.88. The lowest BCUT2D eigenvalue weighted by Gasteiger charge is -2.28. The highest BCUT2D eigenvalue weighted by Gasteiger charge is 2.10. The summed E-state index contributed by atoms with van der Waals surface area (Å²) in [6.45, 7) is 3.42. The van der Waals surface area contributed by atoms with Crippen LogP contribution < -0.4 is 4.90 Å². The molecule has 0 N–H and O–H groups in total. The summed E-state index contributed by atoms with van der Waals surface area (Å²) in [5.74, 6) is -0.341. The predicted octanol–water partition coefficient (Wildman–Crippen LogP) is 1.71. The fraction of sp³-hybridized carbons (Fsp3) is 0.357. The number of nitrogens with zero attached hydrogens (tertiary/aromatic N) is 1. The Morgan fingerprint density at radius 3 is 2.56 bits per heavy atom. The number of hydrogen-bond acceptors (Lipinski definition) is 4. The number of esters is 1. The number of morpholine rings is 1. The number of benzene rings is 1. The minimum absolute atomic E-state index is 0.341. The maximum Gasteiger partial charge on any atom is 0.330 e. The molecule has 1 aromatic carbocycles. The van der Waals surface area contributed by atoms with Crippen LogP contribution in [0.5, 0.6) is 0 Å². The molecular formula is C14H17NO3. The van der Waals surface area contributed by atoms with Gasteiger partial charge in [0.2, 0.25) is 0 Å². The standard InChI is InChI=1S/C14H17NO3/c1-17-14(16)7-4-12-2-5-13(6-3-12)15-8-10-18-11-9-15/h2-7H,8-11H2,1H3. The van der Waals surface area contributed by atoms with Gasteiger partial charge in [-0.25, -0.2) is 4.79 Å². The van der Waals surface area contributed by atoms with E-state index in [1.54, 1.807) is 6.08 Å². The Balaban J connectivity index is 2.00. The molecule has 0 radical (unpaired) electrons. The average molecular weight is 247 g/mol. The third-order valence-electron chi connectivity index (χ3n) is 2.88. The maximum absolute atomic E-state index is 11.0. The fourth-order valence-electron chi connectivity index (χ4n) is 1.85. The molecule has 1 aromatic rings. The van der Waals surface area contributed by atoms with Crippen LogP contribution in [-0.4, -0.2) is 39.4 Å². The van der Waals surface area contributed by atoms with Crippen molar-refractivity contribution in [2.75, 3.05) is 38.3 Å². The molecule has 2 rings (SSSR count). The van der Waals surface area contributed by atoms with E-state index in [1.165, 1.54) is 18.9 Å². The molecule has 1 fully saturated rings. The van der Waals surface area contributed by atoms with Crippen LogP contribution in [0, 0.1) is 0 Å². The van der Waals surface area contributed by atoms with E-state index in [0.29, 0.717) is 0 Å². The molecule has 0 unspecified atom stereocenters. The third kappa shape index (κ3) is 3.34. The molecular weight excluding hydrogens is 230 g/mol. The summed E-state index contributed by atoms with van der Waals surface area (Å²) in [5, 5.41) is 0. The van der Waals surface area contributed by atoms with Crippen molar-refractivity contribution >= 4 is 17.7 Å². The monoisotopic (exact) mass is 247 g/mol. The summed E-state index contributed by atoms with van der Waals surface area (Å²) in [6.07, 6.45) is 3.17. The van der Waals surface area contributed by atoms with Gasteiger partial charge in [-0.05, 0) is 23.8 Å². The number of anilines is 1. The second-order valence-electron chi connectivity index (χ2n) is 4.05. The molecule has 0 spiro atoms. The first-order valence-electron chi connectivity index (χ1n) is 5.98. The average Bonchev–Trinajstić information content (AvgIpc) is 2.46. The largest absolute Gasteiger partial charge is 0.466 e. The minimum Gasteiger partial charge on any atom is -0.466 e. The van der Waals surface area contributed by atoms with Crippen molar-refractivity contribution in [1.29, 1.82) is 0 Å². The highest BCUT2D eigenvalue weighted by Crippen LogP contribution is 2.17. The van der Waals surface area contributed by atoms with E-state index in [1.807, 2.05) is 12.1 Å². The molecule has 96 valence electrons. The van der Waals surface area contributed by atoms with Gasteiger partial charge in [-0.15, -0.1) is 0 Å². The Hall–Kier alpha value is -1.81. The molecule has 1 saturated heterocycles. The summed E-state index contributed by atoms with van der Waals surface area (Å²) in [4.78, 5) is 13.3. The molecule has 1 aliphatic rings. The van der Waals surface area contributed by atoms with Gasteiger partial charge in [0, 0.05) is 24.9 Å². The summed E-state index contributed by atoms with van der Waals surface area (Å²) < 4.78 is 9.86. The van der Waals surface area contributed by atoms with Gasteiger partial charge in [0.1, 0.15) is 0 Å². The zero-order chi connectivity index (χ0) is 12.8. The minimum atomic E-state index is -0.341. The van der Waals surface area contributed by atoms with Crippen LogP contribution in [0.1, 0.15) is 5.56 Å². The first-order valence-corrected chi connectivity index (χ1v) is 5.98. The maximum atomic E-state index is 11.0. The Labute approximate surface area is 107 Å². The van der Waals surface area contributed by atoms with Gasteiger partial charge >= 0.3 is 5.97 Å². The molecule has 0 aliphatic carbocycles. The number of carbonyl (C=O) groups excluding carboxylic acids is 1. The number of ether oxygens (including phenoxy) is 2. The Morgan fingerprint density at radius 2 is 1.94 bits per heavy atom. The van der Waals surface area contributed by atoms with Crippen LogP contribution in [-0.2, 0) is 14.3 Å². The van der Waals surface area contributed by atoms with Gasteiger partial charge in [0.15, 0.2) is 0 Å². The van der Waals surface area contributed by atoms with Crippen LogP contribution >= 0.6 is 0 Å². The fourth-order valence-corrected chi connectivity index (χ4v) is 1.85. The molecule has 0 atom stereocenters. The lowest BCUT2D eigenvalue weighted by molar-refractivity contribution is -0.134. The number of methoxy groups -OCH3 is 1. The van der Waals surface area contributed by atoms with Gasteiger partial charge in [0.25, 0.3) is 0 Å². The summed E-state index contributed by atoms with van der Waals surface area (Å²) >= 11 is 0. The molecule has 4 heteroatoms. The molecule has 18 heavy (non-hydrogen) atoms. The molecule has 0 bridgehead atoms. The Kier molecular flexibility index (Phi) is 4.36. The van der Waals surface area contributed by atoms with Gasteiger partial charge in [-0.1, -0.05) is 12.1 Å². The highest BCUT2D eigenvalue weighted by atomic mass is 16.5. The zero-order valence-electron chi connectivity index (χ0n) is 10.5. The summed E-state index contributed by atoms with van der Waals surface area (Å²) in [7, 11) is 1.37. The second-order valence-corrected chi connectivity index (χ2v) is 4.05. The van der Waals surface area contributed by atoms with Crippen molar-refractivity contribution in [3.8, 4) is 0 Å². The molecule has 1 heterocycles. The van der Waals surface area contributed by atoms with Crippen molar-refractivity contribution in [3.05, 3.63) is 35.9 Å². The number of carbonyl (C=O) groups is 1. The van der Waals surface area contributed by atoms with E-state index >= 15 is 0 Å². The number of hydrogen-bond donors (Lipinski definition) is 0. The topological polar surface area (TPSA) is 38.8 Å². The van der Waals surface area contributed by atoms with Gasteiger partial charge in [-0.3, -0.25) is 0 Å². The SMILES string of the molecule is COC(=O)C=Cc1ccc(N2CCOCC2)cc1. The smallest absolute Gasteiger partial charge is 0.330 e. The molecule has 0 aromatic heterocycles. The first kappa shape index (κ1) is 12.6. The highest BCUT2D eigenvalue weighted by molar-refractivity contribution is 5.86. The Bertz CT molecular complexity index is 419. The van der Waals surface area contributed by atoms with Gasteiger partial charge in [-0.2, -0.15) is 0 Å². The molecule has 0 saturated carbocycles. The van der Waals surface area contributed by atoms with Crippen LogP contribution in [0.3, 0.4) is 0 Å². The summed E-state index contributed by atoms with van der Waals surface area (Å²) in [6, 6.07) is 8.10. The van der Waals surface area contributed by atoms with E-state index in [0.717, 1.165) is 31.9 Å². The van der Waals surface area contributed by atoms with Crippen LogP contribution in [0.25, 0.3) is 6.08 Å². The normalized spacial score (nSPS) is 15.9. The van der Waals surface area contributed by atoms with Gasteiger partial charge < -0.3 is 14.4 Å². The van der Waals surface area contributed by atoms with Crippen molar-refractivity contribution < 1.29 is 14.3 Å². The molecule has 0 amide bonds. The van der Waals surface area contributed by atoms with Crippen molar-refractivity contribution in [2.24, 2.45) is 0 Å². The van der Waals surface area contributed by atoms with Crippen LogP contribution in [0.4, 0.5) is 5.69 Å². The van der Waals surface area contributed by atoms with E-state index in [4.69, 9.17) is 4.74 Å². The second kappa shape index (κ2) is 6.21. The van der Waals surface area contributed by atoms with Crippen molar-refractivity contribution in [2.45, 2.75) is 0 Å². The first-order chi connectivity index (χ1) is 8.79. The predicted molar refractivity (Wildman–Crippen MR) is 70.5 cm³/mol. The van der Waals surface area contributed by atoms with Crippen LogP contribution in [0.2, 0.25) is 0 Å². The molecule has 4 nitrogen and oxygen atoms in total. The van der Waals surface area contributed by atoms with E-state index in [9.17, 15) is 4.79 Å². The lowest BCUT2D eigenvalue weighted by Crippen LogP contribution is -2.36. The van der Waals surface area contributed by atoms with Crippen molar-refractivity contribution in [3.63, 3.8) is 0 Å². The van der Waals surface area contributed by atoms with E-state index in [-0.39, 0.29) is 5.97 Å². The zero-order valence-corrected chi connectivity index (χ0v) is 10.5. The van der Waals surface area contributed by atoms with E-state index < -0.39 is 0 Å². The quantitative estimate of drug-likeness (QED) is 0.602.